The Balaban J connectivity index is 1.79. The van der Waals surface area contributed by atoms with Gasteiger partial charge in [0.15, 0.2) is 0 Å². The molecule has 1 aliphatic rings. The summed E-state index contributed by atoms with van der Waals surface area (Å²) in [5.74, 6) is 0. The van der Waals surface area contributed by atoms with Crippen molar-refractivity contribution in [3.63, 3.8) is 0 Å². The summed E-state index contributed by atoms with van der Waals surface area (Å²) in [6.07, 6.45) is 4.31. The van der Waals surface area contributed by atoms with E-state index in [0.29, 0.717) is 0 Å². The van der Waals surface area contributed by atoms with E-state index >= 15 is 0 Å². The van der Waals surface area contributed by atoms with Crippen LogP contribution in [0.4, 0.5) is 0 Å². The van der Waals surface area contributed by atoms with Crippen LogP contribution < -0.4 is 0 Å². The number of aliphatic hydroxyl groups is 1. The highest BCUT2D eigenvalue weighted by Gasteiger charge is 2.33. The normalized spacial score (nSPS) is 24.8. The standard InChI is InChI=1S/C14H20O2/c15-11-14(9-10-16-12-14)8-4-7-13-5-2-1-3-6-13/h1-3,5-6,15H,4,7-12H2. The van der Waals surface area contributed by atoms with E-state index in [-0.39, 0.29) is 12.0 Å². The molecule has 1 N–H and O–H groups in total. The molecule has 1 aromatic rings. The van der Waals surface area contributed by atoms with Gasteiger partial charge in [-0.2, -0.15) is 0 Å². The molecule has 1 unspecified atom stereocenters. The molecule has 1 fully saturated rings. The molecule has 1 aromatic carbocycles. The molecule has 88 valence electrons. The van der Waals surface area contributed by atoms with Crippen LogP contribution in [0.25, 0.3) is 0 Å². The SMILES string of the molecule is OCC1(CCCc2ccccc2)CCOC1. The Hall–Kier alpha value is -0.860. The fourth-order valence-electron chi connectivity index (χ4n) is 2.36. The van der Waals surface area contributed by atoms with E-state index in [9.17, 15) is 5.11 Å². The molecule has 1 aliphatic heterocycles. The van der Waals surface area contributed by atoms with Crippen molar-refractivity contribution in [2.45, 2.75) is 25.7 Å². The minimum absolute atomic E-state index is 0.0504. The van der Waals surface area contributed by atoms with Gasteiger partial charge < -0.3 is 9.84 Å². The Bertz CT molecular complexity index is 302. The fraction of sp³-hybridized carbons (Fsp3) is 0.571. The molecule has 1 atom stereocenters. The average molecular weight is 220 g/mol. The van der Waals surface area contributed by atoms with Gasteiger partial charge in [0.2, 0.25) is 0 Å². The number of aryl methyl sites for hydroxylation is 1. The van der Waals surface area contributed by atoms with E-state index < -0.39 is 0 Å². The van der Waals surface area contributed by atoms with Gasteiger partial charge in [0, 0.05) is 12.0 Å². The largest absolute Gasteiger partial charge is 0.396 e. The number of hydrogen-bond donors (Lipinski definition) is 1. The number of benzene rings is 1. The number of aliphatic hydroxyl groups excluding tert-OH is 1. The molecule has 2 nitrogen and oxygen atoms in total. The van der Waals surface area contributed by atoms with Crippen molar-refractivity contribution < 1.29 is 9.84 Å². The zero-order chi connectivity index (χ0) is 11.3. The van der Waals surface area contributed by atoms with Gasteiger partial charge in [-0.25, -0.2) is 0 Å². The molecule has 2 rings (SSSR count). The van der Waals surface area contributed by atoms with E-state index in [1.165, 1.54) is 5.56 Å². The third-order valence-corrected chi connectivity index (χ3v) is 3.54. The second-order valence-corrected chi connectivity index (χ2v) is 4.80. The molecule has 0 amide bonds. The quantitative estimate of drug-likeness (QED) is 0.825. The third-order valence-electron chi connectivity index (χ3n) is 3.54. The predicted molar refractivity (Wildman–Crippen MR) is 64.3 cm³/mol. The van der Waals surface area contributed by atoms with Gasteiger partial charge in [-0.15, -0.1) is 0 Å². The van der Waals surface area contributed by atoms with Crippen molar-refractivity contribution in [1.82, 2.24) is 0 Å². The highest BCUT2D eigenvalue weighted by atomic mass is 16.5. The van der Waals surface area contributed by atoms with Crippen LogP contribution in [0.1, 0.15) is 24.8 Å². The molecule has 1 saturated heterocycles. The first-order chi connectivity index (χ1) is 7.85. The lowest BCUT2D eigenvalue weighted by atomic mass is 9.82. The van der Waals surface area contributed by atoms with Crippen LogP contribution in [0, 0.1) is 5.41 Å². The molecule has 0 radical (unpaired) electrons. The summed E-state index contributed by atoms with van der Waals surface area (Å²) in [6, 6.07) is 10.5. The van der Waals surface area contributed by atoms with Crippen molar-refractivity contribution in [1.29, 1.82) is 0 Å². The second-order valence-electron chi connectivity index (χ2n) is 4.80. The van der Waals surface area contributed by atoms with Crippen molar-refractivity contribution in [2.75, 3.05) is 19.8 Å². The number of hydrogen-bond acceptors (Lipinski definition) is 2. The van der Waals surface area contributed by atoms with E-state index in [0.717, 1.165) is 38.9 Å². The van der Waals surface area contributed by atoms with Gasteiger partial charge in [0.1, 0.15) is 0 Å². The summed E-state index contributed by atoms with van der Waals surface area (Å²) >= 11 is 0. The van der Waals surface area contributed by atoms with E-state index in [2.05, 4.69) is 24.3 Å². The highest BCUT2D eigenvalue weighted by molar-refractivity contribution is 5.14. The van der Waals surface area contributed by atoms with Gasteiger partial charge in [0.05, 0.1) is 13.2 Å². The van der Waals surface area contributed by atoms with E-state index in [1.54, 1.807) is 0 Å². The van der Waals surface area contributed by atoms with Gasteiger partial charge in [-0.1, -0.05) is 30.3 Å². The van der Waals surface area contributed by atoms with Crippen LogP contribution in [0.3, 0.4) is 0 Å². The maximum absolute atomic E-state index is 9.43. The first-order valence-electron chi connectivity index (χ1n) is 6.07. The predicted octanol–water partition coefficient (Wildman–Crippen LogP) is 2.41. The summed E-state index contributed by atoms with van der Waals surface area (Å²) in [5.41, 5.74) is 1.43. The zero-order valence-electron chi connectivity index (χ0n) is 9.69. The fourth-order valence-corrected chi connectivity index (χ4v) is 2.36. The number of ether oxygens (including phenoxy) is 1. The summed E-state index contributed by atoms with van der Waals surface area (Å²) in [5, 5.41) is 9.43. The Labute approximate surface area is 97.3 Å². The summed E-state index contributed by atoms with van der Waals surface area (Å²) in [4.78, 5) is 0. The van der Waals surface area contributed by atoms with Crippen molar-refractivity contribution >= 4 is 0 Å². The maximum atomic E-state index is 9.43. The lowest BCUT2D eigenvalue weighted by Gasteiger charge is -2.24. The molecule has 0 aliphatic carbocycles. The van der Waals surface area contributed by atoms with Crippen LogP contribution in [-0.2, 0) is 11.2 Å². The minimum atomic E-state index is 0.0504. The first kappa shape index (κ1) is 11.6. The molecule has 1 heterocycles. The summed E-state index contributed by atoms with van der Waals surface area (Å²) < 4.78 is 5.39. The Kier molecular flexibility index (Phi) is 3.97. The van der Waals surface area contributed by atoms with Crippen LogP contribution in [0.2, 0.25) is 0 Å². The van der Waals surface area contributed by atoms with Gasteiger partial charge in [0.25, 0.3) is 0 Å². The molecular formula is C14H20O2. The van der Waals surface area contributed by atoms with Gasteiger partial charge >= 0.3 is 0 Å². The third kappa shape index (κ3) is 2.83. The Morgan fingerprint density at radius 1 is 1.25 bits per heavy atom. The lowest BCUT2D eigenvalue weighted by molar-refractivity contribution is 0.0849. The van der Waals surface area contributed by atoms with Crippen molar-refractivity contribution in [3.8, 4) is 0 Å². The van der Waals surface area contributed by atoms with Gasteiger partial charge in [-0.3, -0.25) is 0 Å². The molecule has 2 heteroatoms. The smallest absolute Gasteiger partial charge is 0.0545 e. The van der Waals surface area contributed by atoms with Crippen molar-refractivity contribution in [3.05, 3.63) is 35.9 Å². The first-order valence-corrected chi connectivity index (χ1v) is 6.07. The topological polar surface area (TPSA) is 29.5 Å². The average Bonchev–Trinajstić information content (AvgIpc) is 2.80. The van der Waals surface area contributed by atoms with Crippen LogP contribution in [-0.4, -0.2) is 24.9 Å². The minimum Gasteiger partial charge on any atom is -0.396 e. The molecule has 0 bridgehead atoms. The molecule has 0 saturated carbocycles. The summed E-state index contributed by atoms with van der Waals surface area (Å²) in [6.45, 7) is 1.81. The lowest BCUT2D eigenvalue weighted by Crippen LogP contribution is -2.25. The zero-order valence-corrected chi connectivity index (χ0v) is 9.69. The molecule has 16 heavy (non-hydrogen) atoms. The van der Waals surface area contributed by atoms with Crippen LogP contribution >= 0.6 is 0 Å². The van der Waals surface area contributed by atoms with Crippen LogP contribution in [0.5, 0.6) is 0 Å². The number of rotatable bonds is 5. The second kappa shape index (κ2) is 5.46. The Morgan fingerprint density at radius 2 is 2.06 bits per heavy atom. The Morgan fingerprint density at radius 3 is 2.69 bits per heavy atom. The molecular weight excluding hydrogens is 200 g/mol. The maximum Gasteiger partial charge on any atom is 0.0545 e. The van der Waals surface area contributed by atoms with Crippen molar-refractivity contribution in [2.24, 2.45) is 5.41 Å². The highest BCUT2D eigenvalue weighted by Crippen LogP contribution is 2.33. The van der Waals surface area contributed by atoms with Crippen LogP contribution in [0.15, 0.2) is 30.3 Å². The van der Waals surface area contributed by atoms with E-state index in [1.807, 2.05) is 6.07 Å². The molecule has 0 aromatic heterocycles. The van der Waals surface area contributed by atoms with E-state index in [4.69, 9.17) is 4.74 Å². The monoisotopic (exact) mass is 220 g/mol. The van der Waals surface area contributed by atoms with Gasteiger partial charge in [-0.05, 0) is 31.2 Å². The molecule has 0 spiro atoms. The summed E-state index contributed by atoms with van der Waals surface area (Å²) in [7, 11) is 0.